The standard InChI is InChI=1S/C12H14N4OS/c1-8-7-18-12(14-8)15-11(17)9-4-5-13-10(6-9)16(2)3/h4-7H,1-3H3,(H,14,15,17). The number of carbonyl (C=O) groups excluding carboxylic acids is 1. The minimum Gasteiger partial charge on any atom is -0.363 e. The maximum Gasteiger partial charge on any atom is 0.257 e. The fourth-order valence-corrected chi connectivity index (χ4v) is 2.07. The summed E-state index contributed by atoms with van der Waals surface area (Å²) in [6.45, 7) is 1.89. The van der Waals surface area contributed by atoms with Gasteiger partial charge < -0.3 is 4.90 Å². The quantitative estimate of drug-likeness (QED) is 0.921. The SMILES string of the molecule is Cc1csc(NC(=O)c2ccnc(N(C)C)c2)n1. The van der Waals surface area contributed by atoms with E-state index in [1.54, 1.807) is 18.3 Å². The molecular formula is C12H14N4OS. The molecular weight excluding hydrogens is 248 g/mol. The number of aryl methyl sites for hydroxylation is 1. The summed E-state index contributed by atoms with van der Waals surface area (Å²) in [4.78, 5) is 22.2. The second-order valence-electron chi connectivity index (χ2n) is 4.05. The predicted molar refractivity (Wildman–Crippen MR) is 73.4 cm³/mol. The van der Waals surface area contributed by atoms with Gasteiger partial charge >= 0.3 is 0 Å². The molecule has 0 spiro atoms. The molecule has 0 aromatic carbocycles. The third-order valence-electron chi connectivity index (χ3n) is 2.31. The van der Waals surface area contributed by atoms with Crippen molar-refractivity contribution in [3.05, 3.63) is 35.0 Å². The van der Waals surface area contributed by atoms with E-state index in [2.05, 4.69) is 15.3 Å². The lowest BCUT2D eigenvalue weighted by Gasteiger charge is -2.11. The van der Waals surface area contributed by atoms with Gasteiger partial charge in [0.15, 0.2) is 5.13 Å². The van der Waals surface area contributed by atoms with Crippen LogP contribution < -0.4 is 10.2 Å². The molecule has 0 aliphatic heterocycles. The Kier molecular flexibility index (Phi) is 3.57. The first-order valence-corrected chi connectivity index (χ1v) is 6.31. The molecule has 5 nitrogen and oxygen atoms in total. The Bertz CT molecular complexity index is 565. The van der Waals surface area contributed by atoms with E-state index in [-0.39, 0.29) is 5.91 Å². The smallest absolute Gasteiger partial charge is 0.257 e. The fraction of sp³-hybridized carbons (Fsp3) is 0.250. The van der Waals surface area contributed by atoms with Gasteiger partial charge in [0.1, 0.15) is 5.82 Å². The number of nitrogens with zero attached hydrogens (tertiary/aromatic N) is 3. The molecule has 0 saturated carbocycles. The summed E-state index contributed by atoms with van der Waals surface area (Å²) >= 11 is 1.41. The summed E-state index contributed by atoms with van der Waals surface area (Å²) in [5, 5.41) is 5.28. The molecule has 2 heterocycles. The number of hydrogen-bond donors (Lipinski definition) is 1. The van der Waals surface area contributed by atoms with Crippen LogP contribution in [0.25, 0.3) is 0 Å². The normalized spacial score (nSPS) is 10.2. The Morgan fingerprint density at radius 3 is 2.83 bits per heavy atom. The summed E-state index contributed by atoms with van der Waals surface area (Å²) in [5.74, 6) is 0.577. The van der Waals surface area contributed by atoms with Crippen molar-refractivity contribution in [2.24, 2.45) is 0 Å². The number of carbonyl (C=O) groups is 1. The number of aromatic nitrogens is 2. The van der Waals surface area contributed by atoms with Crippen LogP contribution in [0.3, 0.4) is 0 Å². The van der Waals surface area contributed by atoms with E-state index in [0.717, 1.165) is 11.5 Å². The lowest BCUT2D eigenvalue weighted by Crippen LogP contribution is -2.15. The Morgan fingerprint density at radius 2 is 2.22 bits per heavy atom. The summed E-state index contributed by atoms with van der Waals surface area (Å²) in [5.41, 5.74) is 1.47. The average Bonchev–Trinajstić information content (AvgIpc) is 2.75. The van der Waals surface area contributed by atoms with Gasteiger partial charge in [0, 0.05) is 31.2 Å². The zero-order valence-electron chi connectivity index (χ0n) is 10.5. The van der Waals surface area contributed by atoms with Gasteiger partial charge in [0.05, 0.1) is 5.69 Å². The summed E-state index contributed by atoms with van der Waals surface area (Å²) in [6.07, 6.45) is 1.62. The van der Waals surface area contributed by atoms with Crippen molar-refractivity contribution >= 4 is 28.2 Å². The van der Waals surface area contributed by atoms with Crippen LogP contribution in [0, 0.1) is 6.92 Å². The number of hydrogen-bond acceptors (Lipinski definition) is 5. The van der Waals surface area contributed by atoms with Crippen LogP contribution in [-0.4, -0.2) is 30.0 Å². The molecule has 1 amide bonds. The lowest BCUT2D eigenvalue weighted by atomic mass is 10.2. The molecule has 2 rings (SSSR count). The maximum absolute atomic E-state index is 12.0. The molecule has 18 heavy (non-hydrogen) atoms. The van der Waals surface area contributed by atoms with Gasteiger partial charge in [-0.05, 0) is 19.1 Å². The highest BCUT2D eigenvalue weighted by Gasteiger charge is 2.09. The highest BCUT2D eigenvalue weighted by atomic mass is 32.1. The van der Waals surface area contributed by atoms with E-state index >= 15 is 0 Å². The molecule has 0 atom stereocenters. The number of amides is 1. The lowest BCUT2D eigenvalue weighted by molar-refractivity contribution is 0.102. The average molecular weight is 262 g/mol. The highest BCUT2D eigenvalue weighted by Crippen LogP contribution is 2.16. The molecule has 94 valence electrons. The third kappa shape index (κ3) is 2.84. The predicted octanol–water partition coefficient (Wildman–Crippen LogP) is 2.16. The summed E-state index contributed by atoms with van der Waals surface area (Å²) < 4.78 is 0. The highest BCUT2D eigenvalue weighted by molar-refractivity contribution is 7.13. The number of thiazole rings is 1. The van der Waals surface area contributed by atoms with Crippen LogP contribution in [0.1, 0.15) is 16.1 Å². The molecule has 0 aliphatic carbocycles. The molecule has 6 heteroatoms. The summed E-state index contributed by atoms with van der Waals surface area (Å²) in [6, 6.07) is 3.43. The van der Waals surface area contributed by atoms with Gasteiger partial charge in [-0.15, -0.1) is 11.3 Å². The first-order valence-electron chi connectivity index (χ1n) is 5.43. The van der Waals surface area contributed by atoms with Gasteiger partial charge in [-0.1, -0.05) is 0 Å². The van der Waals surface area contributed by atoms with Crippen LogP contribution in [-0.2, 0) is 0 Å². The van der Waals surface area contributed by atoms with Crippen molar-refractivity contribution in [3.63, 3.8) is 0 Å². The van der Waals surface area contributed by atoms with Crippen molar-refractivity contribution < 1.29 is 4.79 Å². The number of nitrogens with one attached hydrogen (secondary N) is 1. The van der Waals surface area contributed by atoms with E-state index in [1.165, 1.54) is 11.3 Å². The topological polar surface area (TPSA) is 58.1 Å². The van der Waals surface area contributed by atoms with Gasteiger partial charge in [-0.25, -0.2) is 9.97 Å². The van der Waals surface area contributed by atoms with Gasteiger partial charge in [0.2, 0.25) is 0 Å². The molecule has 0 bridgehead atoms. The van der Waals surface area contributed by atoms with Crippen molar-refractivity contribution in [1.82, 2.24) is 9.97 Å². The number of pyridine rings is 1. The van der Waals surface area contributed by atoms with Gasteiger partial charge in [-0.2, -0.15) is 0 Å². The minimum atomic E-state index is -0.171. The number of rotatable bonds is 3. The first kappa shape index (κ1) is 12.5. The maximum atomic E-state index is 12.0. The molecule has 0 radical (unpaired) electrons. The zero-order valence-corrected chi connectivity index (χ0v) is 11.3. The van der Waals surface area contributed by atoms with Crippen molar-refractivity contribution in [1.29, 1.82) is 0 Å². The second kappa shape index (κ2) is 5.14. The fourth-order valence-electron chi connectivity index (χ4n) is 1.38. The Morgan fingerprint density at radius 1 is 1.44 bits per heavy atom. The van der Waals surface area contributed by atoms with E-state index in [0.29, 0.717) is 10.7 Å². The summed E-state index contributed by atoms with van der Waals surface area (Å²) in [7, 11) is 3.77. The molecule has 0 aliphatic rings. The van der Waals surface area contributed by atoms with Crippen LogP contribution >= 0.6 is 11.3 Å². The third-order valence-corrected chi connectivity index (χ3v) is 3.18. The second-order valence-corrected chi connectivity index (χ2v) is 4.90. The largest absolute Gasteiger partial charge is 0.363 e. The molecule has 2 aromatic heterocycles. The Balaban J connectivity index is 2.16. The van der Waals surface area contributed by atoms with Crippen LogP contribution in [0.2, 0.25) is 0 Å². The molecule has 2 aromatic rings. The Labute approximate surface area is 109 Å². The van der Waals surface area contributed by atoms with E-state index in [4.69, 9.17) is 0 Å². The van der Waals surface area contributed by atoms with Crippen molar-refractivity contribution in [2.45, 2.75) is 6.92 Å². The van der Waals surface area contributed by atoms with Gasteiger partial charge in [0.25, 0.3) is 5.91 Å². The van der Waals surface area contributed by atoms with E-state index in [9.17, 15) is 4.79 Å². The van der Waals surface area contributed by atoms with Gasteiger partial charge in [-0.3, -0.25) is 10.1 Å². The first-order chi connectivity index (χ1) is 8.56. The van der Waals surface area contributed by atoms with Crippen molar-refractivity contribution in [3.8, 4) is 0 Å². The number of anilines is 2. The van der Waals surface area contributed by atoms with E-state index in [1.807, 2.05) is 31.3 Å². The molecule has 0 unspecified atom stereocenters. The van der Waals surface area contributed by atoms with Crippen molar-refractivity contribution in [2.75, 3.05) is 24.3 Å². The Hall–Kier alpha value is -1.95. The monoisotopic (exact) mass is 262 g/mol. The zero-order chi connectivity index (χ0) is 13.1. The molecule has 0 saturated heterocycles. The molecule has 0 fully saturated rings. The minimum absolute atomic E-state index is 0.171. The van der Waals surface area contributed by atoms with Crippen LogP contribution in [0.15, 0.2) is 23.7 Å². The van der Waals surface area contributed by atoms with Crippen LogP contribution in [0.4, 0.5) is 10.9 Å². The molecule has 1 N–H and O–H groups in total. The van der Waals surface area contributed by atoms with Crippen LogP contribution in [0.5, 0.6) is 0 Å². The van der Waals surface area contributed by atoms with E-state index < -0.39 is 0 Å².